The fourth-order valence-electron chi connectivity index (χ4n) is 3.00. The van der Waals surface area contributed by atoms with Crippen LogP contribution in [0.25, 0.3) is 0 Å². The second kappa shape index (κ2) is 8.96. The summed E-state index contributed by atoms with van der Waals surface area (Å²) in [6, 6.07) is 20.8. The molecule has 0 amide bonds. The Morgan fingerprint density at radius 2 is 1.59 bits per heavy atom. The SMILES string of the molecule is CCN(c1ccccc1)S(=O)(=O)c1ccc(NCc2ccc(N(C)C)cc2)[nH+]c1. The van der Waals surface area contributed by atoms with Gasteiger partial charge < -0.3 is 4.90 Å². The molecule has 0 fully saturated rings. The molecule has 2 N–H and O–H groups in total. The molecular formula is C22H27N4O2S+. The summed E-state index contributed by atoms with van der Waals surface area (Å²) in [6.45, 7) is 2.82. The molecule has 0 spiro atoms. The highest BCUT2D eigenvalue weighted by molar-refractivity contribution is 7.92. The number of benzene rings is 2. The zero-order chi connectivity index (χ0) is 20.9. The van der Waals surface area contributed by atoms with Gasteiger partial charge in [-0.2, -0.15) is 0 Å². The zero-order valence-electron chi connectivity index (χ0n) is 17.0. The molecular weight excluding hydrogens is 384 g/mol. The number of nitrogens with one attached hydrogen (secondary N) is 2. The van der Waals surface area contributed by atoms with Crippen LogP contribution in [0.3, 0.4) is 0 Å². The summed E-state index contributed by atoms with van der Waals surface area (Å²) in [5, 5.41) is 3.29. The van der Waals surface area contributed by atoms with Gasteiger partial charge in [-0.1, -0.05) is 30.3 Å². The van der Waals surface area contributed by atoms with Gasteiger partial charge in [-0.15, -0.1) is 0 Å². The Hall–Kier alpha value is -3.06. The topological polar surface area (TPSA) is 66.8 Å². The van der Waals surface area contributed by atoms with Crippen LogP contribution < -0.4 is 19.5 Å². The Morgan fingerprint density at radius 1 is 0.897 bits per heavy atom. The molecule has 0 atom stereocenters. The minimum absolute atomic E-state index is 0.226. The van der Waals surface area contributed by atoms with Crippen LogP contribution in [0, 0.1) is 0 Å². The lowest BCUT2D eigenvalue weighted by atomic mass is 10.2. The van der Waals surface area contributed by atoms with Crippen LogP contribution >= 0.6 is 0 Å². The quantitative estimate of drug-likeness (QED) is 0.617. The van der Waals surface area contributed by atoms with Gasteiger partial charge in [-0.25, -0.2) is 13.4 Å². The van der Waals surface area contributed by atoms with Crippen LogP contribution in [-0.4, -0.2) is 29.1 Å². The van der Waals surface area contributed by atoms with E-state index in [1.165, 1.54) is 10.5 Å². The molecule has 2 aromatic carbocycles. The van der Waals surface area contributed by atoms with Crippen LogP contribution in [0.15, 0.2) is 77.8 Å². The van der Waals surface area contributed by atoms with Gasteiger partial charge in [-0.05, 0) is 42.8 Å². The standard InChI is InChI=1S/C22H26N4O2S/c1-4-26(20-8-6-5-7-9-20)29(27,28)21-14-15-22(24-17-21)23-16-18-10-12-19(13-11-18)25(2)3/h5-15,17H,4,16H2,1-3H3,(H,23,24)/p+1. The van der Waals surface area contributed by atoms with E-state index in [1.807, 2.05) is 39.2 Å². The predicted octanol–water partition coefficient (Wildman–Crippen LogP) is 3.39. The van der Waals surface area contributed by atoms with E-state index in [4.69, 9.17) is 0 Å². The molecule has 0 bridgehead atoms. The first-order chi connectivity index (χ1) is 13.9. The van der Waals surface area contributed by atoms with E-state index in [0.717, 1.165) is 17.1 Å². The third-order valence-corrected chi connectivity index (χ3v) is 6.54. The lowest BCUT2D eigenvalue weighted by Gasteiger charge is -2.22. The fourth-order valence-corrected chi connectivity index (χ4v) is 4.44. The molecule has 0 aliphatic carbocycles. The van der Waals surface area contributed by atoms with Crippen molar-refractivity contribution in [2.45, 2.75) is 18.4 Å². The molecule has 0 radical (unpaired) electrons. The Morgan fingerprint density at radius 3 is 2.14 bits per heavy atom. The van der Waals surface area contributed by atoms with E-state index in [0.29, 0.717) is 18.8 Å². The van der Waals surface area contributed by atoms with Crippen molar-refractivity contribution in [3.8, 4) is 0 Å². The summed E-state index contributed by atoms with van der Waals surface area (Å²) in [7, 11) is 0.387. The van der Waals surface area contributed by atoms with Crippen molar-refractivity contribution in [2.75, 3.05) is 35.2 Å². The second-order valence-corrected chi connectivity index (χ2v) is 8.72. The maximum Gasteiger partial charge on any atom is 0.272 e. The van der Waals surface area contributed by atoms with Crippen molar-refractivity contribution in [3.05, 3.63) is 78.5 Å². The summed E-state index contributed by atoms with van der Waals surface area (Å²) in [5.74, 6) is 0.753. The molecule has 3 rings (SSSR count). The van der Waals surface area contributed by atoms with E-state index in [-0.39, 0.29) is 4.90 Å². The van der Waals surface area contributed by atoms with Crippen LogP contribution in [0.4, 0.5) is 17.2 Å². The highest BCUT2D eigenvalue weighted by atomic mass is 32.2. The van der Waals surface area contributed by atoms with Gasteiger partial charge in [0.05, 0.1) is 5.69 Å². The minimum Gasteiger partial charge on any atom is -0.378 e. The number of para-hydroxylation sites is 1. The Labute approximate surface area is 172 Å². The van der Waals surface area contributed by atoms with Gasteiger partial charge in [0.15, 0.2) is 0 Å². The van der Waals surface area contributed by atoms with E-state index in [9.17, 15) is 8.42 Å². The molecule has 29 heavy (non-hydrogen) atoms. The summed E-state index contributed by atoms with van der Waals surface area (Å²) < 4.78 is 27.4. The third kappa shape index (κ3) is 4.86. The minimum atomic E-state index is -3.63. The number of aromatic amines is 1. The molecule has 0 aliphatic heterocycles. The van der Waals surface area contributed by atoms with Crippen LogP contribution in [-0.2, 0) is 16.6 Å². The second-order valence-electron chi connectivity index (χ2n) is 6.86. The number of nitrogens with zero attached hydrogens (tertiary/aromatic N) is 2. The molecule has 0 unspecified atom stereocenters. The van der Waals surface area contributed by atoms with Crippen LogP contribution in [0.2, 0.25) is 0 Å². The summed E-state index contributed by atoms with van der Waals surface area (Å²) in [4.78, 5) is 5.33. The van der Waals surface area contributed by atoms with Gasteiger partial charge >= 0.3 is 0 Å². The summed E-state index contributed by atoms with van der Waals surface area (Å²) in [5.41, 5.74) is 2.94. The number of H-pyrrole nitrogens is 1. The molecule has 3 aromatic rings. The molecule has 1 heterocycles. The van der Waals surface area contributed by atoms with Crippen molar-refractivity contribution < 1.29 is 13.4 Å². The lowest BCUT2D eigenvalue weighted by Crippen LogP contribution is -2.31. The van der Waals surface area contributed by atoms with Crippen molar-refractivity contribution >= 4 is 27.2 Å². The molecule has 0 saturated carbocycles. The Kier molecular flexibility index (Phi) is 6.39. The number of hydrogen-bond donors (Lipinski definition) is 1. The Bertz CT molecular complexity index is 1020. The molecule has 152 valence electrons. The largest absolute Gasteiger partial charge is 0.378 e. The average Bonchev–Trinajstić information content (AvgIpc) is 2.74. The Balaban J connectivity index is 1.70. The summed E-state index contributed by atoms with van der Waals surface area (Å²) in [6.07, 6.45) is 1.53. The van der Waals surface area contributed by atoms with Gasteiger partial charge in [0.1, 0.15) is 17.6 Å². The van der Waals surface area contributed by atoms with Crippen molar-refractivity contribution in [3.63, 3.8) is 0 Å². The molecule has 0 aliphatic rings. The first-order valence-electron chi connectivity index (χ1n) is 9.51. The van der Waals surface area contributed by atoms with E-state index in [2.05, 4.69) is 39.5 Å². The fraction of sp³-hybridized carbons (Fsp3) is 0.227. The number of pyridine rings is 1. The van der Waals surface area contributed by atoms with Gasteiger partial charge in [0.2, 0.25) is 0 Å². The zero-order valence-corrected chi connectivity index (χ0v) is 17.8. The monoisotopic (exact) mass is 411 g/mol. The number of sulfonamides is 1. The number of rotatable bonds is 8. The van der Waals surface area contributed by atoms with E-state index >= 15 is 0 Å². The number of anilines is 3. The van der Waals surface area contributed by atoms with Crippen molar-refractivity contribution in [1.82, 2.24) is 0 Å². The molecule has 1 aromatic heterocycles. The highest BCUT2D eigenvalue weighted by Gasteiger charge is 2.24. The summed E-state index contributed by atoms with van der Waals surface area (Å²) >= 11 is 0. The number of hydrogen-bond acceptors (Lipinski definition) is 4. The smallest absolute Gasteiger partial charge is 0.272 e. The first kappa shape index (κ1) is 20.7. The highest BCUT2D eigenvalue weighted by Crippen LogP contribution is 2.22. The predicted molar refractivity (Wildman–Crippen MR) is 118 cm³/mol. The normalized spacial score (nSPS) is 11.1. The van der Waals surface area contributed by atoms with E-state index < -0.39 is 10.0 Å². The van der Waals surface area contributed by atoms with Crippen LogP contribution in [0.1, 0.15) is 12.5 Å². The molecule has 0 saturated heterocycles. The maximum atomic E-state index is 13.0. The lowest BCUT2D eigenvalue weighted by molar-refractivity contribution is -0.364. The number of aromatic nitrogens is 1. The first-order valence-corrected chi connectivity index (χ1v) is 11.0. The average molecular weight is 412 g/mol. The van der Waals surface area contributed by atoms with Crippen molar-refractivity contribution in [2.24, 2.45) is 0 Å². The van der Waals surface area contributed by atoms with E-state index in [1.54, 1.807) is 24.3 Å². The van der Waals surface area contributed by atoms with Crippen LogP contribution in [0.5, 0.6) is 0 Å². The molecule has 7 heteroatoms. The third-order valence-electron chi connectivity index (χ3n) is 4.64. The van der Waals surface area contributed by atoms with Crippen molar-refractivity contribution in [1.29, 1.82) is 0 Å². The molecule has 6 nitrogen and oxygen atoms in total. The maximum absolute atomic E-state index is 13.0. The van der Waals surface area contributed by atoms with Gasteiger partial charge in [0, 0.05) is 32.4 Å². The van der Waals surface area contributed by atoms with Gasteiger partial charge in [-0.3, -0.25) is 9.62 Å². The van der Waals surface area contributed by atoms with Gasteiger partial charge in [0.25, 0.3) is 15.8 Å².